The second-order valence-corrected chi connectivity index (χ2v) is 4.58. The third kappa shape index (κ3) is 2.98. The van der Waals surface area contributed by atoms with Crippen molar-refractivity contribution >= 4 is 5.91 Å². The SMILES string of the molecule is O=C(NCc1cccc(F)c1)c1ccccc1-n1cnnn1. The van der Waals surface area contributed by atoms with E-state index in [-0.39, 0.29) is 18.3 Å². The van der Waals surface area contributed by atoms with Crippen LogP contribution in [0.1, 0.15) is 15.9 Å². The van der Waals surface area contributed by atoms with Gasteiger partial charge in [-0.15, -0.1) is 5.10 Å². The molecule has 0 aliphatic carbocycles. The lowest BCUT2D eigenvalue weighted by Crippen LogP contribution is -2.24. The number of benzene rings is 2. The molecule has 22 heavy (non-hydrogen) atoms. The van der Waals surface area contributed by atoms with Crippen LogP contribution in [0.15, 0.2) is 54.9 Å². The number of amides is 1. The third-order valence-corrected chi connectivity index (χ3v) is 3.09. The van der Waals surface area contributed by atoms with E-state index in [0.29, 0.717) is 16.8 Å². The molecule has 2 aromatic carbocycles. The molecule has 0 aliphatic heterocycles. The van der Waals surface area contributed by atoms with E-state index in [1.807, 2.05) is 0 Å². The Hall–Kier alpha value is -3.09. The number of nitrogens with one attached hydrogen (secondary N) is 1. The van der Waals surface area contributed by atoms with Crippen LogP contribution in [0.25, 0.3) is 5.69 Å². The molecule has 1 aromatic heterocycles. The van der Waals surface area contributed by atoms with Crippen LogP contribution >= 0.6 is 0 Å². The zero-order valence-corrected chi connectivity index (χ0v) is 11.5. The lowest BCUT2D eigenvalue weighted by Gasteiger charge is -2.09. The van der Waals surface area contributed by atoms with Crippen LogP contribution in [-0.2, 0) is 6.54 Å². The van der Waals surface area contributed by atoms with Gasteiger partial charge in [0.1, 0.15) is 12.1 Å². The van der Waals surface area contributed by atoms with Crippen molar-refractivity contribution in [3.05, 3.63) is 71.8 Å². The van der Waals surface area contributed by atoms with E-state index < -0.39 is 0 Å². The molecular formula is C15H12FN5O. The van der Waals surface area contributed by atoms with E-state index in [4.69, 9.17) is 0 Å². The van der Waals surface area contributed by atoms with Gasteiger partial charge in [0, 0.05) is 6.54 Å². The predicted octanol–water partition coefficient (Wildman–Crippen LogP) is 1.73. The minimum Gasteiger partial charge on any atom is -0.348 e. The molecule has 0 unspecified atom stereocenters. The molecule has 3 aromatic rings. The Morgan fingerprint density at radius 2 is 2.05 bits per heavy atom. The first kappa shape index (κ1) is 13.9. The quantitative estimate of drug-likeness (QED) is 0.796. The van der Waals surface area contributed by atoms with E-state index >= 15 is 0 Å². The van der Waals surface area contributed by atoms with Crippen molar-refractivity contribution in [1.29, 1.82) is 0 Å². The molecule has 0 radical (unpaired) electrons. The van der Waals surface area contributed by atoms with Gasteiger partial charge in [-0.05, 0) is 40.3 Å². The molecule has 6 nitrogen and oxygen atoms in total. The molecule has 0 saturated heterocycles. The summed E-state index contributed by atoms with van der Waals surface area (Å²) in [5.74, 6) is -0.615. The average molecular weight is 297 g/mol. The van der Waals surface area contributed by atoms with E-state index in [9.17, 15) is 9.18 Å². The highest BCUT2D eigenvalue weighted by atomic mass is 19.1. The summed E-state index contributed by atoms with van der Waals surface area (Å²) in [6.07, 6.45) is 1.42. The highest BCUT2D eigenvalue weighted by molar-refractivity contribution is 5.97. The van der Waals surface area contributed by atoms with Gasteiger partial charge in [-0.3, -0.25) is 4.79 Å². The van der Waals surface area contributed by atoms with Crippen molar-refractivity contribution in [2.24, 2.45) is 0 Å². The molecule has 0 bridgehead atoms. The molecule has 110 valence electrons. The van der Waals surface area contributed by atoms with Crippen LogP contribution in [0, 0.1) is 5.82 Å². The monoisotopic (exact) mass is 297 g/mol. The number of hydrogen-bond acceptors (Lipinski definition) is 4. The maximum atomic E-state index is 13.1. The summed E-state index contributed by atoms with van der Waals surface area (Å²) in [7, 11) is 0. The Bertz CT molecular complexity index is 788. The molecule has 0 aliphatic rings. The minimum atomic E-state index is -0.333. The fourth-order valence-electron chi connectivity index (χ4n) is 2.06. The maximum Gasteiger partial charge on any atom is 0.253 e. The summed E-state index contributed by atoms with van der Waals surface area (Å²) < 4.78 is 14.5. The Balaban J connectivity index is 1.78. The van der Waals surface area contributed by atoms with Crippen molar-refractivity contribution in [2.75, 3.05) is 0 Å². The molecule has 3 rings (SSSR count). The second-order valence-electron chi connectivity index (χ2n) is 4.58. The number of carbonyl (C=O) groups is 1. The molecule has 0 saturated carbocycles. The first-order valence-corrected chi connectivity index (χ1v) is 6.59. The van der Waals surface area contributed by atoms with Crippen molar-refractivity contribution in [3.63, 3.8) is 0 Å². The largest absolute Gasteiger partial charge is 0.348 e. The molecular weight excluding hydrogens is 285 g/mol. The average Bonchev–Trinajstić information content (AvgIpc) is 3.07. The van der Waals surface area contributed by atoms with Crippen LogP contribution in [0.5, 0.6) is 0 Å². The fourth-order valence-corrected chi connectivity index (χ4v) is 2.06. The van der Waals surface area contributed by atoms with E-state index in [1.54, 1.807) is 36.4 Å². The molecule has 0 spiro atoms. The molecule has 0 atom stereocenters. The number of carbonyl (C=O) groups excluding carboxylic acids is 1. The summed E-state index contributed by atoms with van der Waals surface area (Å²) in [6.45, 7) is 0.237. The zero-order chi connectivity index (χ0) is 15.4. The van der Waals surface area contributed by atoms with Crippen LogP contribution < -0.4 is 5.32 Å². The lowest BCUT2D eigenvalue weighted by molar-refractivity contribution is 0.0950. The predicted molar refractivity (Wildman–Crippen MR) is 76.7 cm³/mol. The summed E-state index contributed by atoms with van der Waals surface area (Å²) in [4.78, 5) is 12.3. The zero-order valence-electron chi connectivity index (χ0n) is 11.5. The number of nitrogens with zero attached hydrogens (tertiary/aromatic N) is 4. The highest BCUT2D eigenvalue weighted by Crippen LogP contribution is 2.13. The van der Waals surface area contributed by atoms with Gasteiger partial charge in [0.2, 0.25) is 0 Å². The van der Waals surface area contributed by atoms with Crippen LogP contribution in [0.3, 0.4) is 0 Å². The molecule has 0 fully saturated rings. The topological polar surface area (TPSA) is 72.7 Å². The molecule has 1 N–H and O–H groups in total. The minimum absolute atomic E-state index is 0.237. The number of hydrogen-bond donors (Lipinski definition) is 1. The van der Waals surface area contributed by atoms with Crippen LogP contribution in [0.2, 0.25) is 0 Å². The fraction of sp³-hybridized carbons (Fsp3) is 0.0667. The van der Waals surface area contributed by atoms with Gasteiger partial charge in [0.05, 0.1) is 11.3 Å². The Labute approximate surface area is 125 Å². The Morgan fingerprint density at radius 3 is 2.82 bits per heavy atom. The summed E-state index contributed by atoms with van der Waals surface area (Å²) in [5.41, 5.74) is 1.70. The number of halogens is 1. The van der Waals surface area contributed by atoms with Crippen molar-refractivity contribution in [2.45, 2.75) is 6.54 Å². The highest BCUT2D eigenvalue weighted by Gasteiger charge is 2.12. The van der Waals surface area contributed by atoms with Gasteiger partial charge < -0.3 is 5.32 Å². The summed E-state index contributed by atoms with van der Waals surface area (Å²) in [5, 5.41) is 13.7. The van der Waals surface area contributed by atoms with Gasteiger partial charge in [-0.25, -0.2) is 4.39 Å². The van der Waals surface area contributed by atoms with Gasteiger partial charge in [-0.1, -0.05) is 24.3 Å². The maximum absolute atomic E-state index is 13.1. The van der Waals surface area contributed by atoms with E-state index in [0.717, 1.165) is 0 Å². The van der Waals surface area contributed by atoms with Gasteiger partial charge >= 0.3 is 0 Å². The second kappa shape index (κ2) is 6.13. The number of para-hydroxylation sites is 1. The first-order valence-electron chi connectivity index (χ1n) is 6.59. The lowest BCUT2D eigenvalue weighted by atomic mass is 10.1. The molecule has 1 heterocycles. The third-order valence-electron chi connectivity index (χ3n) is 3.09. The van der Waals surface area contributed by atoms with Crippen molar-refractivity contribution in [3.8, 4) is 5.69 Å². The summed E-state index contributed by atoms with van der Waals surface area (Å²) in [6, 6.07) is 13.1. The Morgan fingerprint density at radius 1 is 1.18 bits per heavy atom. The number of rotatable bonds is 4. The van der Waals surface area contributed by atoms with Gasteiger partial charge in [-0.2, -0.15) is 4.68 Å². The standard InChI is InChI=1S/C15H12FN5O/c16-12-5-3-4-11(8-12)9-17-15(22)13-6-1-2-7-14(13)21-10-18-19-20-21/h1-8,10H,9H2,(H,17,22). The van der Waals surface area contributed by atoms with Crippen LogP contribution in [-0.4, -0.2) is 26.1 Å². The normalized spacial score (nSPS) is 10.4. The van der Waals surface area contributed by atoms with Crippen molar-refractivity contribution in [1.82, 2.24) is 25.5 Å². The van der Waals surface area contributed by atoms with Crippen molar-refractivity contribution < 1.29 is 9.18 Å². The van der Waals surface area contributed by atoms with Gasteiger partial charge in [0.25, 0.3) is 5.91 Å². The first-order chi connectivity index (χ1) is 10.7. The summed E-state index contributed by atoms with van der Waals surface area (Å²) >= 11 is 0. The van der Waals surface area contributed by atoms with Crippen LogP contribution in [0.4, 0.5) is 4.39 Å². The van der Waals surface area contributed by atoms with Gasteiger partial charge in [0.15, 0.2) is 0 Å². The van der Waals surface area contributed by atoms with E-state index in [1.165, 1.54) is 23.1 Å². The number of aromatic nitrogens is 4. The van der Waals surface area contributed by atoms with E-state index in [2.05, 4.69) is 20.8 Å². The Kier molecular flexibility index (Phi) is 3.86. The smallest absolute Gasteiger partial charge is 0.253 e. The molecule has 7 heteroatoms. The number of tetrazole rings is 1. The molecule has 1 amide bonds.